The predicted octanol–water partition coefficient (Wildman–Crippen LogP) is 2.18. The Morgan fingerprint density at radius 1 is 1.13 bits per heavy atom. The van der Waals surface area contributed by atoms with Gasteiger partial charge in [-0.3, -0.25) is 9.36 Å². The molecule has 0 aliphatic rings. The van der Waals surface area contributed by atoms with Crippen LogP contribution in [0.3, 0.4) is 0 Å². The molecule has 0 saturated heterocycles. The number of hydrogen-bond acceptors (Lipinski definition) is 6. The van der Waals surface area contributed by atoms with Crippen molar-refractivity contribution in [3.05, 3.63) is 74.7 Å². The molecule has 3 heterocycles. The van der Waals surface area contributed by atoms with Crippen LogP contribution in [0.1, 0.15) is 25.0 Å². The lowest BCUT2D eigenvalue weighted by atomic mass is 10.1. The van der Waals surface area contributed by atoms with Gasteiger partial charge in [0.05, 0.1) is 17.8 Å². The van der Waals surface area contributed by atoms with Crippen molar-refractivity contribution in [2.24, 2.45) is 0 Å². The fourth-order valence-corrected chi connectivity index (χ4v) is 4.75. The van der Waals surface area contributed by atoms with Crippen LogP contribution in [0.4, 0.5) is 0 Å². The van der Waals surface area contributed by atoms with Crippen LogP contribution >= 0.6 is 11.3 Å². The van der Waals surface area contributed by atoms with E-state index in [-0.39, 0.29) is 0 Å². The summed E-state index contributed by atoms with van der Waals surface area (Å²) in [6.45, 7) is 4.75. The zero-order valence-electron chi connectivity index (χ0n) is 17.3. The molecule has 9 nitrogen and oxygen atoms in total. The van der Waals surface area contributed by atoms with Gasteiger partial charge in [0.2, 0.25) is 0 Å². The van der Waals surface area contributed by atoms with Crippen LogP contribution in [0.5, 0.6) is 0 Å². The SMILES string of the molecule is Cc1c(-n2nccn2)sc2c1c(=O)n(C(C)(C)C(=O)O)c(=O)n2CCc1ccccc1. The Hall–Kier alpha value is -3.53. The summed E-state index contributed by atoms with van der Waals surface area (Å²) in [5.41, 5.74) is -1.36. The Kier molecular flexibility index (Phi) is 5.10. The summed E-state index contributed by atoms with van der Waals surface area (Å²) >= 11 is 1.24. The summed E-state index contributed by atoms with van der Waals surface area (Å²) in [5.74, 6) is -1.26. The van der Waals surface area contributed by atoms with Crippen molar-refractivity contribution in [2.45, 2.75) is 39.3 Å². The number of carbonyl (C=O) groups is 1. The molecule has 0 bridgehead atoms. The lowest BCUT2D eigenvalue weighted by molar-refractivity contribution is -0.146. The molecule has 31 heavy (non-hydrogen) atoms. The summed E-state index contributed by atoms with van der Waals surface area (Å²) in [6.07, 6.45) is 3.60. The number of carboxylic acid groups (broad SMARTS) is 1. The van der Waals surface area contributed by atoms with Crippen molar-refractivity contribution in [3.63, 3.8) is 0 Å². The monoisotopic (exact) mass is 439 g/mol. The third-order valence-electron chi connectivity index (χ3n) is 5.34. The first-order chi connectivity index (χ1) is 14.7. The van der Waals surface area contributed by atoms with Gasteiger partial charge < -0.3 is 5.11 Å². The molecule has 0 fully saturated rings. The molecule has 0 aliphatic carbocycles. The summed E-state index contributed by atoms with van der Waals surface area (Å²) < 4.78 is 2.32. The molecule has 10 heteroatoms. The molecule has 4 rings (SSSR count). The van der Waals surface area contributed by atoms with Gasteiger partial charge in [0.1, 0.15) is 15.4 Å². The second-order valence-electron chi connectivity index (χ2n) is 7.71. The van der Waals surface area contributed by atoms with Crippen molar-refractivity contribution in [1.29, 1.82) is 0 Å². The zero-order chi connectivity index (χ0) is 22.3. The zero-order valence-corrected chi connectivity index (χ0v) is 18.1. The Morgan fingerprint density at radius 2 is 1.77 bits per heavy atom. The molecular weight excluding hydrogens is 418 g/mol. The molecule has 1 N–H and O–H groups in total. The van der Waals surface area contributed by atoms with E-state index in [9.17, 15) is 19.5 Å². The van der Waals surface area contributed by atoms with E-state index >= 15 is 0 Å². The fraction of sp³-hybridized carbons (Fsp3) is 0.286. The van der Waals surface area contributed by atoms with Crippen molar-refractivity contribution < 1.29 is 9.90 Å². The number of aromatic nitrogens is 5. The molecule has 0 spiro atoms. The first-order valence-corrected chi connectivity index (χ1v) is 10.5. The number of hydrogen-bond donors (Lipinski definition) is 1. The van der Waals surface area contributed by atoms with E-state index in [2.05, 4.69) is 10.2 Å². The summed E-state index contributed by atoms with van der Waals surface area (Å²) in [6, 6.07) is 9.66. The second kappa shape index (κ2) is 7.62. The maximum atomic E-state index is 13.4. The van der Waals surface area contributed by atoms with Gasteiger partial charge in [0.15, 0.2) is 0 Å². The molecular formula is C21H21N5O4S. The van der Waals surface area contributed by atoms with E-state index in [4.69, 9.17) is 0 Å². The molecule has 1 aromatic carbocycles. The van der Waals surface area contributed by atoms with Gasteiger partial charge in [-0.25, -0.2) is 14.2 Å². The minimum Gasteiger partial charge on any atom is -0.480 e. The number of aryl methyl sites for hydroxylation is 3. The smallest absolute Gasteiger partial charge is 0.333 e. The summed E-state index contributed by atoms with van der Waals surface area (Å²) in [5, 5.41) is 18.9. The number of thiophene rings is 1. The van der Waals surface area contributed by atoms with Crippen molar-refractivity contribution >= 4 is 27.5 Å². The third kappa shape index (κ3) is 3.38. The van der Waals surface area contributed by atoms with Crippen molar-refractivity contribution in [2.75, 3.05) is 0 Å². The average molecular weight is 439 g/mol. The minimum absolute atomic E-state index is 0.293. The number of fused-ring (bicyclic) bond motifs is 1. The molecule has 0 saturated carbocycles. The van der Waals surface area contributed by atoms with Gasteiger partial charge in [-0.05, 0) is 32.8 Å². The summed E-state index contributed by atoms with van der Waals surface area (Å²) in [4.78, 5) is 40.6. The second-order valence-corrected chi connectivity index (χ2v) is 8.68. The third-order valence-corrected chi connectivity index (χ3v) is 6.62. The standard InChI is InChI=1S/C21H21N5O4S/c1-13-15-16(27)25(21(2,3)19(28)29)20(30)24(12-9-14-7-5-4-6-8-14)18(15)31-17(13)26-22-10-11-23-26/h4-8,10-11H,9,12H2,1-3H3,(H,28,29). The van der Waals surface area contributed by atoms with E-state index < -0.39 is 22.8 Å². The minimum atomic E-state index is -1.71. The number of benzene rings is 1. The first-order valence-electron chi connectivity index (χ1n) is 9.67. The molecule has 0 aliphatic heterocycles. The quantitative estimate of drug-likeness (QED) is 0.493. The summed E-state index contributed by atoms with van der Waals surface area (Å²) in [7, 11) is 0. The van der Waals surface area contributed by atoms with E-state index in [1.165, 1.54) is 46.9 Å². The Labute approximate surface area is 180 Å². The van der Waals surface area contributed by atoms with Gasteiger partial charge in [-0.1, -0.05) is 41.7 Å². The van der Waals surface area contributed by atoms with Gasteiger partial charge in [0.25, 0.3) is 5.56 Å². The molecule has 160 valence electrons. The highest BCUT2D eigenvalue weighted by atomic mass is 32.1. The van der Waals surface area contributed by atoms with E-state index in [0.29, 0.717) is 33.7 Å². The van der Waals surface area contributed by atoms with Crippen LogP contribution < -0.4 is 11.2 Å². The predicted molar refractivity (Wildman–Crippen MR) is 117 cm³/mol. The van der Waals surface area contributed by atoms with Gasteiger partial charge in [-0.2, -0.15) is 10.2 Å². The first kappa shape index (κ1) is 20.7. The molecule has 0 unspecified atom stereocenters. The number of aliphatic carboxylic acids is 1. The van der Waals surface area contributed by atoms with E-state index in [1.807, 2.05) is 30.3 Å². The Morgan fingerprint density at radius 3 is 2.39 bits per heavy atom. The van der Waals surface area contributed by atoms with Crippen LogP contribution in [-0.2, 0) is 23.3 Å². The lowest BCUT2D eigenvalue weighted by Gasteiger charge is -2.23. The highest BCUT2D eigenvalue weighted by Gasteiger charge is 2.35. The van der Waals surface area contributed by atoms with Crippen molar-refractivity contribution in [1.82, 2.24) is 24.1 Å². The highest BCUT2D eigenvalue weighted by molar-refractivity contribution is 7.21. The van der Waals surface area contributed by atoms with E-state index in [1.54, 1.807) is 6.92 Å². The van der Waals surface area contributed by atoms with Gasteiger partial charge in [0, 0.05) is 12.1 Å². The molecule has 0 radical (unpaired) electrons. The normalized spacial score (nSPS) is 11.8. The maximum absolute atomic E-state index is 13.4. The van der Waals surface area contributed by atoms with Gasteiger partial charge >= 0.3 is 11.7 Å². The van der Waals surface area contributed by atoms with Crippen LogP contribution in [0.15, 0.2) is 52.3 Å². The molecule has 0 amide bonds. The molecule has 0 atom stereocenters. The molecule has 3 aromatic heterocycles. The Balaban J connectivity index is 2.01. The van der Waals surface area contributed by atoms with Crippen LogP contribution in [0, 0.1) is 6.92 Å². The number of carboxylic acids is 1. The van der Waals surface area contributed by atoms with Crippen LogP contribution in [0.2, 0.25) is 0 Å². The topological polar surface area (TPSA) is 112 Å². The van der Waals surface area contributed by atoms with Gasteiger partial charge in [-0.15, -0.1) is 4.80 Å². The van der Waals surface area contributed by atoms with Crippen molar-refractivity contribution in [3.8, 4) is 5.00 Å². The highest BCUT2D eigenvalue weighted by Crippen LogP contribution is 2.30. The lowest BCUT2D eigenvalue weighted by Crippen LogP contribution is -2.52. The fourth-order valence-electron chi connectivity index (χ4n) is 3.52. The van der Waals surface area contributed by atoms with E-state index in [0.717, 1.165) is 10.1 Å². The average Bonchev–Trinajstić information content (AvgIpc) is 3.36. The number of nitrogens with zero attached hydrogens (tertiary/aromatic N) is 5. The Bertz CT molecular complexity index is 1380. The molecule has 4 aromatic rings. The largest absolute Gasteiger partial charge is 0.480 e. The maximum Gasteiger partial charge on any atom is 0.333 e. The van der Waals surface area contributed by atoms with Crippen LogP contribution in [0.25, 0.3) is 15.2 Å². The number of rotatable bonds is 6. The van der Waals surface area contributed by atoms with Crippen LogP contribution in [-0.4, -0.2) is 35.2 Å².